The summed E-state index contributed by atoms with van der Waals surface area (Å²) in [5.41, 5.74) is -1.09. The van der Waals surface area contributed by atoms with E-state index < -0.39 is 40.4 Å². The van der Waals surface area contributed by atoms with Crippen LogP contribution in [0.15, 0.2) is 66.9 Å². The summed E-state index contributed by atoms with van der Waals surface area (Å²) in [5, 5.41) is 4.81. The van der Waals surface area contributed by atoms with Crippen LogP contribution in [0.1, 0.15) is 26.3 Å². The lowest BCUT2D eigenvalue weighted by atomic mass is 10.2. The van der Waals surface area contributed by atoms with Crippen LogP contribution in [-0.2, 0) is 10.9 Å². The lowest BCUT2D eigenvalue weighted by molar-refractivity contribution is -0.137. The number of aromatic nitrogens is 1. The largest absolute Gasteiger partial charge is 0.514 e. The third-order valence-corrected chi connectivity index (χ3v) is 5.58. The number of ether oxygens (including phenoxy) is 2. The molecule has 3 aromatic carbocycles. The van der Waals surface area contributed by atoms with Gasteiger partial charge in [-0.3, -0.25) is 0 Å². The third kappa shape index (κ3) is 6.80. The number of fused-ring (bicyclic) bond motifs is 1. The minimum absolute atomic E-state index is 0.0725. The number of alkyl halides is 3. The molecule has 0 atom stereocenters. The van der Waals surface area contributed by atoms with Gasteiger partial charge in [0.05, 0.1) is 21.8 Å². The maximum absolute atomic E-state index is 15.0. The molecule has 1 aromatic heterocycles. The van der Waals surface area contributed by atoms with E-state index in [1.54, 1.807) is 55.8 Å². The molecule has 0 aliphatic rings. The number of hydrogen-bond donors (Lipinski definition) is 2. The summed E-state index contributed by atoms with van der Waals surface area (Å²) >= 11 is 5.59. The predicted octanol–water partition coefficient (Wildman–Crippen LogP) is 8.40. The Labute approximate surface area is 225 Å². The van der Waals surface area contributed by atoms with E-state index >= 15 is 4.39 Å². The van der Waals surface area contributed by atoms with Crippen LogP contribution in [0.4, 0.5) is 38.5 Å². The zero-order valence-corrected chi connectivity index (χ0v) is 21.6. The van der Waals surface area contributed by atoms with Crippen molar-refractivity contribution in [1.82, 2.24) is 4.57 Å². The highest BCUT2D eigenvalue weighted by Gasteiger charge is 2.33. The molecular weight excluding hydrogens is 542 g/mol. The maximum atomic E-state index is 15.0. The molecule has 0 saturated carbocycles. The molecule has 0 bridgehead atoms. The second-order valence-electron chi connectivity index (χ2n) is 9.41. The Bertz CT molecular complexity index is 1560. The summed E-state index contributed by atoms with van der Waals surface area (Å²) in [7, 11) is 0. The average Bonchev–Trinajstić information content (AvgIpc) is 3.21. The van der Waals surface area contributed by atoms with Crippen molar-refractivity contribution in [3.05, 3.63) is 83.3 Å². The van der Waals surface area contributed by atoms with E-state index in [4.69, 9.17) is 21.1 Å². The highest BCUT2D eigenvalue weighted by atomic mass is 35.5. The van der Waals surface area contributed by atoms with Crippen molar-refractivity contribution in [2.75, 3.05) is 10.6 Å². The number of hydrogen-bond acceptors (Lipinski definition) is 4. The first-order chi connectivity index (χ1) is 18.2. The second kappa shape index (κ2) is 10.5. The summed E-state index contributed by atoms with van der Waals surface area (Å²) in [6.45, 7) is 5.14. The molecule has 4 aromatic rings. The number of anilines is 2. The standard InChI is InChI=1S/C27H22ClF4N3O4/c1-26(2,3)39-25(37)38-18-6-9-22-15(12-18)10-11-35(22)23-8-5-17(14-21(23)29)34-24(36)33-16-4-7-20(28)19(13-16)27(30,31)32/h4-14H,1-3H3,(H2,33,34,36). The molecule has 0 saturated heterocycles. The molecule has 0 aliphatic carbocycles. The first-order valence-corrected chi connectivity index (χ1v) is 11.8. The summed E-state index contributed by atoms with van der Waals surface area (Å²) in [6, 6.07) is 12.5. The number of carbonyl (C=O) groups is 2. The number of urea groups is 1. The van der Waals surface area contributed by atoms with Crippen molar-refractivity contribution in [2.45, 2.75) is 32.5 Å². The predicted molar refractivity (Wildman–Crippen MR) is 139 cm³/mol. The Balaban J connectivity index is 1.47. The van der Waals surface area contributed by atoms with Gasteiger partial charge in [0.1, 0.15) is 17.2 Å². The van der Waals surface area contributed by atoms with Crippen molar-refractivity contribution in [3.63, 3.8) is 0 Å². The summed E-state index contributed by atoms with van der Waals surface area (Å²) in [5.74, 6) is -0.422. The average molecular weight is 564 g/mol. The quantitative estimate of drug-likeness (QED) is 0.148. The fourth-order valence-electron chi connectivity index (χ4n) is 3.65. The number of amides is 2. The van der Waals surface area contributed by atoms with Gasteiger partial charge in [0.15, 0.2) is 0 Å². The van der Waals surface area contributed by atoms with Crippen LogP contribution in [0.25, 0.3) is 16.6 Å². The molecule has 0 aliphatic heterocycles. The fraction of sp³-hybridized carbons (Fsp3) is 0.185. The molecule has 12 heteroatoms. The zero-order chi connectivity index (χ0) is 28.5. The summed E-state index contributed by atoms with van der Waals surface area (Å²) in [6.07, 6.45) is -3.92. The SMILES string of the molecule is CC(C)(C)OC(=O)Oc1ccc2c(ccn2-c2ccc(NC(=O)Nc3ccc(Cl)c(C(F)(F)F)c3)cc2F)c1. The van der Waals surface area contributed by atoms with E-state index in [1.807, 2.05) is 0 Å². The monoisotopic (exact) mass is 563 g/mol. The van der Waals surface area contributed by atoms with Gasteiger partial charge in [-0.25, -0.2) is 14.0 Å². The van der Waals surface area contributed by atoms with Crippen molar-refractivity contribution in [3.8, 4) is 11.4 Å². The van der Waals surface area contributed by atoms with E-state index in [0.29, 0.717) is 17.0 Å². The molecule has 0 radical (unpaired) electrons. The maximum Gasteiger partial charge on any atom is 0.514 e. The van der Waals surface area contributed by atoms with Crippen LogP contribution in [0.2, 0.25) is 5.02 Å². The Morgan fingerprint density at radius 1 is 0.897 bits per heavy atom. The Morgan fingerprint density at radius 2 is 1.56 bits per heavy atom. The molecule has 204 valence electrons. The van der Waals surface area contributed by atoms with E-state index in [9.17, 15) is 22.8 Å². The molecule has 2 amide bonds. The highest BCUT2D eigenvalue weighted by molar-refractivity contribution is 6.31. The summed E-state index contributed by atoms with van der Waals surface area (Å²) < 4.78 is 66.1. The number of halogens is 5. The minimum Gasteiger partial charge on any atom is -0.428 e. The van der Waals surface area contributed by atoms with Crippen molar-refractivity contribution >= 4 is 46.1 Å². The van der Waals surface area contributed by atoms with Gasteiger partial charge >= 0.3 is 18.4 Å². The summed E-state index contributed by atoms with van der Waals surface area (Å²) in [4.78, 5) is 24.2. The van der Waals surface area contributed by atoms with E-state index in [1.165, 1.54) is 18.2 Å². The van der Waals surface area contributed by atoms with E-state index in [0.717, 1.165) is 12.1 Å². The number of nitrogens with one attached hydrogen (secondary N) is 2. The third-order valence-electron chi connectivity index (χ3n) is 5.25. The Morgan fingerprint density at radius 3 is 2.21 bits per heavy atom. The van der Waals surface area contributed by atoms with Gasteiger partial charge in [-0.05, 0) is 81.4 Å². The normalized spacial score (nSPS) is 11.8. The molecule has 7 nitrogen and oxygen atoms in total. The van der Waals surface area contributed by atoms with Gasteiger partial charge in [0, 0.05) is 23.0 Å². The first kappa shape index (κ1) is 27.8. The number of carbonyl (C=O) groups excluding carboxylic acids is 2. The van der Waals surface area contributed by atoms with Crippen LogP contribution >= 0.6 is 11.6 Å². The van der Waals surface area contributed by atoms with Crippen LogP contribution in [0.5, 0.6) is 5.75 Å². The van der Waals surface area contributed by atoms with Gasteiger partial charge in [0.25, 0.3) is 0 Å². The molecule has 4 rings (SSSR count). The van der Waals surface area contributed by atoms with Crippen LogP contribution in [0.3, 0.4) is 0 Å². The highest BCUT2D eigenvalue weighted by Crippen LogP contribution is 2.36. The van der Waals surface area contributed by atoms with Gasteiger partial charge in [0.2, 0.25) is 0 Å². The Hall–Kier alpha value is -4.25. The van der Waals surface area contributed by atoms with Crippen molar-refractivity contribution in [1.29, 1.82) is 0 Å². The number of rotatable bonds is 4. The van der Waals surface area contributed by atoms with Crippen molar-refractivity contribution in [2.24, 2.45) is 0 Å². The number of nitrogens with zero attached hydrogens (tertiary/aromatic N) is 1. The lowest BCUT2D eigenvalue weighted by Crippen LogP contribution is -2.25. The molecule has 1 heterocycles. The molecule has 2 N–H and O–H groups in total. The van der Waals surface area contributed by atoms with Crippen LogP contribution < -0.4 is 15.4 Å². The topological polar surface area (TPSA) is 81.6 Å². The van der Waals surface area contributed by atoms with E-state index in [2.05, 4.69) is 10.6 Å². The first-order valence-electron chi connectivity index (χ1n) is 11.5. The van der Waals surface area contributed by atoms with Gasteiger partial charge < -0.3 is 24.7 Å². The minimum atomic E-state index is -4.69. The van der Waals surface area contributed by atoms with Gasteiger partial charge in [-0.15, -0.1) is 0 Å². The van der Waals surface area contributed by atoms with E-state index in [-0.39, 0.29) is 22.8 Å². The smallest absolute Gasteiger partial charge is 0.428 e. The van der Waals surface area contributed by atoms with Gasteiger partial charge in [-0.1, -0.05) is 11.6 Å². The fourth-order valence-corrected chi connectivity index (χ4v) is 3.88. The van der Waals surface area contributed by atoms with Crippen LogP contribution in [0, 0.1) is 5.82 Å². The van der Waals surface area contributed by atoms with Crippen molar-refractivity contribution < 1.29 is 36.6 Å². The molecule has 0 unspecified atom stereocenters. The molecular formula is C27H22ClF4N3O4. The molecule has 0 fully saturated rings. The van der Waals surface area contributed by atoms with Gasteiger partial charge in [-0.2, -0.15) is 13.2 Å². The molecule has 39 heavy (non-hydrogen) atoms. The lowest BCUT2D eigenvalue weighted by Gasteiger charge is -2.18. The second-order valence-corrected chi connectivity index (χ2v) is 9.82. The number of benzene rings is 3. The van der Waals surface area contributed by atoms with Crippen LogP contribution in [-0.4, -0.2) is 22.4 Å². The molecule has 0 spiro atoms. The Kier molecular flexibility index (Phi) is 7.47. The zero-order valence-electron chi connectivity index (χ0n) is 20.8.